The Morgan fingerprint density at radius 3 is 2.73 bits per heavy atom. The second kappa shape index (κ2) is 7.12. The van der Waals surface area contributed by atoms with Crippen molar-refractivity contribution in [1.82, 2.24) is 9.55 Å². The normalized spacial score (nSPS) is 11.7. The van der Waals surface area contributed by atoms with E-state index in [2.05, 4.69) is 10.3 Å². The summed E-state index contributed by atoms with van der Waals surface area (Å²) >= 11 is 2.38. The Bertz CT molecular complexity index is 1030. The molecule has 1 amide bonds. The van der Waals surface area contributed by atoms with Crippen LogP contribution in [0.2, 0.25) is 0 Å². The first-order valence-corrected chi connectivity index (χ1v) is 9.40. The van der Waals surface area contributed by atoms with Crippen LogP contribution in [0.15, 0.2) is 45.7 Å². The highest BCUT2D eigenvalue weighted by molar-refractivity contribution is 7.98. The number of rotatable bonds is 4. The first-order chi connectivity index (χ1) is 12.3. The van der Waals surface area contributed by atoms with Gasteiger partial charge in [-0.25, -0.2) is 4.98 Å². The fourth-order valence-corrected chi connectivity index (χ4v) is 3.73. The van der Waals surface area contributed by atoms with E-state index in [1.54, 1.807) is 17.7 Å². The molecule has 2 aromatic heterocycles. The van der Waals surface area contributed by atoms with Crippen molar-refractivity contribution in [3.05, 3.63) is 51.6 Å². The van der Waals surface area contributed by atoms with Gasteiger partial charge in [0.1, 0.15) is 11.2 Å². The first kappa shape index (κ1) is 18.5. The minimum absolute atomic E-state index is 0.320. The Hall–Kier alpha value is -2.33. The highest BCUT2D eigenvalue weighted by Gasteiger charge is 2.33. The van der Waals surface area contributed by atoms with Crippen LogP contribution in [0.5, 0.6) is 0 Å². The summed E-state index contributed by atoms with van der Waals surface area (Å²) in [6.45, 7) is -0.429. The van der Waals surface area contributed by atoms with E-state index >= 15 is 0 Å². The third-order valence-electron chi connectivity index (χ3n) is 3.52. The van der Waals surface area contributed by atoms with E-state index in [0.29, 0.717) is 15.4 Å². The molecule has 0 atom stereocenters. The van der Waals surface area contributed by atoms with Crippen molar-refractivity contribution in [3.8, 4) is 0 Å². The van der Waals surface area contributed by atoms with E-state index in [4.69, 9.17) is 0 Å². The SMILES string of the molecule is CSc1nc2ccsc2c(=O)n1CC(=O)Nc1ccccc1C(F)(F)F. The molecule has 0 radical (unpaired) electrons. The molecule has 0 fully saturated rings. The maximum absolute atomic E-state index is 13.0. The van der Waals surface area contributed by atoms with Crippen LogP contribution in [0.4, 0.5) is 18.9 Å². The molecule has 3 aromatic rings. The fraction of sp³-hybridized carbons (Fsp3) is 0.188. The number of carbonyl (C=O) groups excluding carboxylic acids is 1. The zero-order chi connectivity index (χ0) is 18.9. The number of hydrogen-bond acceptors (Lipinski definition) is 5. The number of nitrogens with one attached hydrogen (secondary N) is 1. The number of hydrogen-bond donors (Lipinski definition) is 1. The lowest BCUT2D eigenvalue weighted by atomic mass is 10.1. The van der Waals surface area contributed by atoms with E-state index in [9.17, 15) is 22.8 Å². The lowest BCUT2D eigenvalue weighted by Gasteiger charge is -2.14. The van der Waals surface area contributed by atoms with Gasteiger partial charge in [-0.05, 0) is 29.8 Å². The summed E-state index contributed by atoms with van der Waals surface area (Å²) in [5, 5.41) is 4.27. The molecule has 0 bridgehead atoms. The van der Waals surface area contributed by atoms with Gasteiger partial charge in [0.25, 0.3) is 5.56 Å². The van der Waals surface area contributed by atoms with Crippen LogP contribution < -0.4 is 10.9 Å². The summed E-state index contributed by atoms with van der Waals surface area (Å²) in [6, 6.07) is 6.38. The average Bonchev–Trinajstić information content (AvgIpc) is 3.05. The Kier molecular flexibility index (Phi) is 5.05. The number of aromatic nitrogens is 2. The van der Waals surface area contributed by atoms with Gasteiger partial charge in [0.05, 0.1) is 16.8 Å². The number of amides is 1. The summed E-state index contributed by atoms with van der Waals surface area (Å²) in [5.41, 5.74) is -1.16. The van der Waals surface area contributed by atoms with Crippen molar-refractivity contribution in [2.45, 2.75) is 17.9 Å². The predicted octanol–water partition coefficient (Wildman–Crippen LogP) is 3.84. The predicted molar refractivity (Wildman–Crippen MR) is 95.7 cm³/mol. The summed E-state index contributed by atoms with van der Waals surface area (Å²) < 4.78 is 40.6. The van der Waals surface area contributed by atoms with E-state index in [-0.39, 0.29) is 5.69 Å². The Morgan fingerprint density at radius 1 is 1.31 bits per heavy atom. The van der Waals surface area contributed by atoms with Gasteiger partial charge >= 0.3 is 6.18 Å². The zero-order valence-corrected chi connectivity index (χ0v) is 15.0. The summed E-state index contributed by atoms with van der Waals surface area (Å²) in [7, 11) is 0. The van der Waals surface area contributed by atoms with Crippen LogP contribution in [0.1, 0.15) is 5.56 Å². The third-order valence-corrected chi connectivity index (χ3v) is 5.09. The average molecular weight is 399 g/mol. The number of alkyl halides is 3. The quantitative estimate of drug-likeness (QED) is 0.535. The second-order valence-corrected chi connectivity index (χ2v) is 6.91. The van der Waals surface area contributed by atoms with Crippen molar-refractivity contribution in [2.75, 3.05) is 11.6 Å². The van der Waals surface area contributed by atoms with Crippen LogP contribution in [0.3, 0.4) is 0 Å². The number of carbonyl (C=O) groups is 1. The number of nitrogens with zero attached hydrogens (tertiary/aromatic N) is 2. The van der Waals surface area contributed by atoms with Crippen molar-refractivity contribution >= 4 is 44.9 Å². The molecule has 0 spiro atoms. The number of benzene rings is 1. The summed E-state index contributed by atoms with van der Waals surface area (Å²) in [4.78, 5) is 29.1. The van der Waals surface area contributed by atoms with Gasteiger partial charge in [-0.15, -0.1) is 11.3 Å². The minimum atomic E-state index is -4.59. The Labute approximate surface area is 153 Å². The highest BCUT2D eigenvalue weighted by atomic mass is 32.2. The van der Waals surface area contributed by atoms with Crippen molar-refractivity contribution in [1.29, 1.82) is 0 Å². The topological polar surface area (TPSA) is 64.0 Å². The number of thioether (sulfide) groups is 1. The molecule has 2 heterocycles. The zero-order valence-electron chi connectivity index (χ0n) is 13.3. The van der Waals surface area contributed by atoms with E-state index in [0.717, 1.165) is 10.6 Å². The fourth-order valence-electron chi connectivity index (χ4n) is 2.39. The molecular formula is C16H12F3N3O2S2. The van der Waals surface area contributed by atoms with Gasteiger partial charge in [0.15, 0.2) is 5.16 Å². The van der Waals surface area contributed by atoms with Gasteiger partial charge in [-0.2, -0.15) is 13.2 Å². The summed E-state index contributed by atoms with van der Waals surface area (Å²) in [6.07, 6.45) is -2.89. The molecule has 1 aromatic carbocycles. The molecule has 10 heteroatoms. The van der Waals surface area contributed by atoms with Crippen molar-refractivity contribution in [3.63, 3.8) is 0 Å². The molecule has 0 unspecified atom stereocenters. The van der Waals surface area contributed by atoms with Gasteiger partial charge in [0.2, 0.25) is 5.91 Å². The van der Waals surface area contributed by atoms with E-state index in [1.165, 1.54) is 41.3 Å². The molecule has 0 saturated carbocycles. The monoisotopic (exact) mass is 399 g/mol. The number of halogens is 3. The van der Waals surface area contributed by atoms with Gasteiger partial charge in [-0.1, -0.05) is 23.9 Å². The smallest absolute Gasteiger partial charge is 0.324 e. The standard InChI is InChI=1S/C16H12F3N3O2S2/c1-25-15-21-11-6-7-26-13(11)14(24)22(15)8-12(23)20-10-5-3-2-4-9(10)16(17,18)19/h2-7H,8H2,1H3,(H,20,23). The van der Waals surface area contributed by atoms with Crippen LogP contribution in [-0.4, -0.2) is 21.7 Å². The lowest BCUT2D eigenvalue weighted by molar-refractivity contribution is -0.137. The van der Waals surface area contributed by atoms with Gasteiger partial charge < -0.3 is 5.32 Å². The maximum atomic E-state index is 13.0. The maximum Gasteiger partial charge on any atom is 0.418 e. The van der Waals surface area contributed by atoms with Crippen molar-refractivity contribution in [2.24, 2.45) is 0 Å². The number of para-hydroxylation sites is 1. The molecule has 3 rings (SSSR count). The molecule has 5 nitrogen and oxygen atoms in total. The molecule has 0 aliphatic heterocycles. The van der Waals surface area contributed by atoms with Crippen molar-refractivity contribution < 1.29 is 18.0 Å². The van der Waals surface area contributed by atoms with E-state index in [1.807, 2.05) is 0 Å². The molecular weight excluding hydrogens is 387 g/mol. The number of anilines is 1. The number of fused-ring (bicyclic) bond motifs is 1. The summed E-state index contributed by atoms with van der Waals surface area (Å²) in [5.74, 6) is -0.739. The van der Waals surface area contributed by atoms with Gasteiger partial charge in [0, 0.05) is 0 Å². The van der Waals surface area contributed by atoms with E-state index < -0.39 is 29.8 Å². The molecule has 26 heavy (non-hydrogen) atoms. The molecule has 1 N–H and O–H groups in total. The third kappa shape index (κ3) is 3.61. The van der Waals surface area contributed by atoms with Gasteiger partial charge in [-0.3, -0.25) is 14.2 Å². The van der Waals surface area contributed by atoms with Crippen LogP contribution in [0.25, 0.3) is 10.2 Å². The number of thiophene rings is 1. The molecule has 0 aliphatic carbocycles. The molecule has 0 aliphatic rings. The molecule has 0 saturated heterocycles. The highest BCUT2D eigenvalue weighted by Crippen LogP contribution is 2.34. The van der Waals surface area contributed by atoms with Crippen LogP contribution in [-0.2, 0) is 17.5 Å². The Balaban J connectivity index is 1.91. The lowest BCUT2D eigenvalue weighted by Crippen LogP contribution is -2.29. The molecule has 136 valence electrons. The first-order valence-electron chi connectivity index (χ1n) is 7.29. The largest absolute Gasteiger partial charge is 0.418 e. The van der Waals surface area contributed by atoms with Crippen LogP contribution >= 0.6 is 23.1 Å². The van der Waals surface area contributed by atoms with Crippen LogP contribution in [0, 0.1) is 0 Å². The minimum Gasteiger partial charge on any atom is -0.324 e. The second-order valence-electron chi connectivity index (χ2n) is 5.22. The Morgan fingerprint density at radius 2 is 2.04 bits per heavy atom.